The van der Waals surface area contributed by atoms with Gasteiger partial charge in [-0.25, -0.2) is 4.98 Å². The summed E-state index contributed by atoms with van der Waals surface area (Å²) in [4.78, 5) is 4.20. The van der Waals surface area contributed by atoms with Crippen LogP contribution in [0.1, 0.15) is 24.4 Å². The van der Waals surface area contributed by atoms with E-state index in [0.717, 1.165) is 15.7 Å². The molecule has 0 saturated heterocycles. The fourth-order valence-corrected chi connectivity index (χ4v) is 1.99. The Labute approximate surface area is 108 Å². The molecule has 0 radical (unpaired) electrons. The van der Waals surface area contributed by atoms with Crippen LogP contribution in [-0.2, 0) is 6.54 Å². The second-order valence-electron chi connectivity index (χ2n) is 3.53. The van der Waals surface area contributed by atoms with Gasteiger partial charge < -0.3 is 9.67 Å². The standard InChI is InChI=1S/C12H13IN2O/c1-2-15-8-7-14-12(15)11(16)9-3-5-10(13)6-4-9/h3-8,11,16H,2H2,1H3. The molecule has 2 aromatic rings. The summed E-state index contributed by atoms with van der Waals surface area (Å²) >= 11 is 2.24. The van der Waals surface area contributed by atoms with E-state index in [9.17, 15) is 5.11 Å². The third kappa shape index (κ3) is 2.27. The van der Waals surface area contributed by atoms with E-state index >= 15 is 0 Å². The maximum Gasteiger partial charge on any atom is 0.142 e. The number of rotatable bonds is 3. The molecule has 0 fully saturated rings. The highest BCUT2D eigenvalue weighted by atomic mass is 127. The van der Waals surface area contributed by atoms with Gasteiger partial charge in [-0.3, -0.25) is 0 Å². The van der Waals surface area contributed by atoms with Crippen LogP contribution in [0, 0.1) is 3.57 Å². The summed E-state index contributed by atoms with van der Waals surface area (Å²) in [6, 6.07) is 7.83. The van der Waals surface area contributed by atoms with Gasteiger partial charge in [-0.2, -0.15) is 0 Å². The molecule has 1 heterocycles. The van der Waals surface area contributed by atoms with Crippen molar-refractivity contribution in [3.8, 4) is 0 Å². The van der Waals surface area contributed by atoms with Crippen LogP contribution in [-0.4, -0.2) is 14.7 Å². The molecule has 0 bridgehead atoms. The second kappa shape index (κ2) is 4.97. The Hall–Kier alpha value is -0.880. The SMILES string of the molecule is CCn1ccnc1C(O)c1ccc(I)cc1. The lowest BCUT2D eigenvalue weighted by molar-refractivity contribution is 0.205. The third-order valence-corrected chi connectivity index (χ3v) is 3.24. The van der Waals surface area contributed by atoms with Gasteiger partial charge in [-0.05, 0) is 47.2 Å². The van der Waals surface area contributed by atoms with Gasteiger partial charge in [-0.15, -0.1) is 0 Å². The topological polar surface area (TPSA) is 38.0 Å². The Morgan fingerprint density at radius 1 is 1.38 bits per heavy atom. The van der Waals surface area contributed by atoms with Gasteiger partial charge in [-0.1, -0.05) is 12.1 Å². The van der Waals surface area contributed by atoms with E-state index in [0.29, 0.717) is 5.82 Å². The van der Waals surface area contributed by atoms with E-state index in [1.54, 1.807) is 6.20 Å². The van der Waals surface area contributed by atoms with Gasteiger partial charge in [0.05, 0.1) is 0 Å². The van der Waals surface area contributed by atoms with E-state index in [1.165, 1.54) is 0 Å². The lowest BCUT2D eigenvalue weighted by Gasteiger charge is -2.12. The van der Waals surface area contributed by atoms with Gasteiger partial charge in [0.15, 0.2) is 0 Å². The molecule has 0 aliphatic heterocycles. The number of benzene rings is 1. The molecule has 0 saturated carbocycles. The summed E-state index contributed by atoms with van der Waals surface area (Å²) in [5.41, 5.74) is 0.876. The van der Waals surface area contributed by atoms with E-state index in [-0.39, 0.29) is 0 Å². The van der Waals surface area contributed by atoms with Crippen LogP contribution >= 0.6 is 22.6 Å². The van der Waals surface area contributed by atoms with Crippen LogP contribution in [0.2, 0.25) is 0 Å². The van der Waals surface area contributed by atoms with Crippen molar-refractivity contribution in [3.05, 3.63) is 51.6 Å². The number of nitrogens with zero attached hydrogens (tertiary/aromatic N) is 2. The minimum absolute atomic E-state index is 0.646. The van der Waals surface area contributed by atoms with Gasteiger partial charge in [0.1, 0.15) is 11.9 Å². The zero-order valence-corrected chi connectivity index (χ0v) is 11.1. The molecule has 0 spiro atoms. The molecule has 1 atom stereocenters. The van der Waals surface area contributed by atoms with Crippen molar-refractivity contribution in [2.75, 3.05) is 0 Å². The number of aromatic nitrogens is 2. The first-order chi connectivity index (χ1) is 7.72. The summed E-state index contributed by atoms with van der Waals surface area (Å²) in [6.45, 7) is 2.85. The summed E-state index contributed by atoms with van der Waals surface area (Å²) in [5, 5.41) is 10.2. The van der Waals surface area contributed by atoms with Crippen LogP contribution in [0.25, 0.3) is 0 Å². The highest BCUT2D eigenvalue weighted by molar-refractivity contribution is 14.1. The molecule has 4 heteroatoms. The Morgan fingerprint density at radius 3 is 2.69 bits per heavy atom. The molecule has 0 aliphatic carbocycles. The molecule has 3 nitrogen and oxygen atoms in total. The van der Waals surface area contributed by atoms with Crippen molar-refractivity contribution in [1.82, 2.24) is 9.55 Å². The number of aliphatic hydroxyl groups is 1. The van der Waals surface area contributed by atoms with E-state index in [1.807, 2.05) is 42.0 Å². The number of hydrogen-bond donors (Lipinski definition) is 1. The van der Waals surface area contributed by atoms with Crippen molar-refractivity contribution in [2.45, 2.75) is 19.6 Å². The number of halogens is 1. The van der Waals surface area contributed by atoms with Gasteiger partial charge >= 0.3 is 0 Å². The first-order valence-corrected chi connectivity index (χ1v) is 6.24. The Kier molecular flexibility index (Phi) is 3.60. The zero-order chi connectivity index (χ0) is 11.5. The Balaban J connectivity index is 2.31. The van der Waals surface area contributed by atoms with E-state index in [4.69, 9.17) is 0 Å². The molecule has 1 N–H and O–H groups in total. The van der Waals surface area contributed by atoms with Crippen molar-refractivity contribution in [2.24, 2.45) is 0 Å². The fraction of sp³-hybridized carbons (Fsp3) is 0.250. The minimum atomic E-state index is -0.646. The molecule has 16 heavy (non-hydrogen) atoms. The van der Waals surface area contributed by atoms with Gasteiger partial charge in [0.25, 0.3) is 0 Å². The molecular weight excluding hydrogens is 315 g/mol. The largest absolute Gasteiger partial charge is 0.380 e. The fourth-order valence-electron chi connectivity index (χ4n) is 1.63. The number of aryl methyl sites for hydroxylation is 1. The first-order valence-electron chi connectivity index (χ1n) is 5.17. The summed E-state index contributed by atoms with van der Waals surface area (Å²) in [7, 11) is 0. The first kappa shape index (κ1) is 11.6. The molecule has 1 aromatic heterocycles. The minimum Gasteiger partial charge on any atom is -0.380 e. The molecule has 1 aromatic carbocycles. The maximum absolute atomic E-state index is 10.2. The zero-order valence-electron chi connectivity index (χ0n) is 8.97. The quantitative estimate of drug-likeness (QED) is 0.880. The number of imidazole rings is 1. The van der Waals surface area contributed by atoms with Crippen molar-refractivity contribution >= 4 is 22.6 Å². The second-order valence-corrected chi connectivity index (χ2v) is 4.77. The van der Waals surface area contributed by atoms with Crippen molar-refractivity contribution in [1.29, 1.82) is 0 Å². The lowest BCUT2D eigenvalue weighted by Crippen LogP contribution is -2.08. The van der Waals surface area contributed by atoms with Crippen LogP contribution in [0.15, 0.2) is 36.7 Å². The summed E-state index contributed by atoms with van der Waals surface area (Å²) < 4.78 is 3.11. The lowest BCUT2D eigenvalue weighted by atomic mass is 10.1. The van der Waals surface area contributed by atoms with Crippen LogP contribution < -0.4 is 0 Å². The van der Waals surface area contributed by atoms with Crippen LogP contribution in [0.4, 0.5) is 0 Å². The average molecular weight is 328 g/mol. The average Bonchev–Trinajstić information content (AvgIpc) is 2.77. The molecule has 0 amide bonds. The van der Waals surface area contributed by atoms with Crippen LogP contribution in [0.5, 0.6) is 0 Å². The molecule has 2 rings (SSSR count). The van der Waals surface area contributed by atoms with Gasteiger partial charge in [0.2, 0.25) is 0 Å². The van der Waals surface area contributed by atoms with Gasteiger partial charge in [0, 0.05) is 22.5 Å². The van der Waals surface area contributed by atoms with E-state index < -0.39 is 6.10 Å². The maximum atomic E-state index is 10.2. The molecule has 1 unspecified atom stereocenters. The number of aliphatic hydroxyl groups excluding tert-OH is 1. The van der Waals surface area contributed by atoms with Crippen molar-refractivity contribution in [3.63, 3.8) is 0 Å². The predicted molar refractivity (Wildman–Crippen MR) is 71.1 cm³/mol. The van der Waals surface area contributed by atoms with Crippen LogP contribution in [0.3, 0.4) is 0 Å². The highest BCUT2D eigenvalue weighted by Crippen LogP contribution is 2.21. The van der Waals surface area contributed by atoms with E-state index in [2.05, 4.69) is 27.6 Å². The third-order valence-electron chi connectivity index (χ3n) is 2.52. The molecular formula is C12H13IN2O. The smallest absolute Gasteiger partial charge is 0.142 e. The molecule has 0 aliphatic rings. The normalized spacial score (nSPS) is 12.7. The van der Waals surface area contributed by atoms with Crippen molar-refractivity contribution < 1.29 is 5.11 Å². The summed E-state index contributed by atoms with van der Waals surface area (Å²) in [5.74, 6) is 0.698. The Morgan fingerprint density at radius 2 is 2.06 bits per heavy atom. The molecule has 84 valence electrons. The number of hydrogen-bond acceptors (Lipinski definition) is 2. The predicted octanol–water partition coefficient (Wildman–Crippen LogP) is 2.59. The highest BCUT2D eigenvalue weighted by Gasteiger charge is 2.15. The monoisotopic (exact) mass is 328 g/mol. The summed E-state index contributed by atoms with van der Waals surface area (Å²) in [6.07, 6.45) is 2.95. The Bertz CT molecular complexity index is 464.